The lowest BCUT2D eigenvalue weighted by atomic mass is 10.1. The average molecular weight is 701 g/mol. The van der Waals surface area contributed by atoms with Crippen LogP contribution in [0.4, 0.5) is 0 Å². The number of ether oxygens (including phenoxy) is 2. The van der Waals surface area contributed by atoms with Crippen molar-refractivity contribution in [3.05, 3.63) is 36.5 Å². The van der Waals surface area contributed by atoms with E-state index in [0.717, 1.165) is 57.8 Å². The topological polar surface area (TPSA) is 91.3 Å². The fourth-order valence-electron chi connectivity index (χ4n) is 4.98. The molecule has 0 saturated heterocycles. The third kappa shape index (κ3) is 36.0. The normalized spacial score (nSPS) is 14.4. The Hall–Kier alpha value is -1.28. The first-order valence-electron chi connectivity index (χ1n) is 19.2. The number of carbonyl (C=O) groups excluding carboxylic acids is 1. The molecule has 0 aromatic rings. The lowest BCUT2D eigenvalue weighted by Crippen LogP contribution is -2.37. The molecule has 0 fully saturated rings. The van der Waals surface area contributed by atoms with Gasteiger partial charge in [0, 0.05) is 13.0 Å². The highest BCUT2D eigenvalue weighted by Crippen LogP contribution is 2.43. The summed E-state index contributed by atoms with van der Waals surface area (Å²) < 4.78 is 34.8. The van der Waals surface area contributed by atoms with Gasteiger partial charge in [0.15, 0.2) is 0 Å². The van der Waals surface area contributed by atoms with Gasteiger partial charge in [-0.3, -0.25) is 13.8 Å². The number of phosphoric ester groups is 1. The molecule has 0 spiro atoms. The second kappa shape index (κ2) is 32.9. The second-order valence-electron chi connectivity index (χ2n) is 13.9. The molecule has 2 unspecified atom stereocenters. The zero-order valence-corrected chi connectivity index (χ0v) is 32.6. The maximum Gasteiger partial charge on any atom is 0.472 e. The number of hydrogen-bond donors (Lipinski definition) is 1. The van der Waals surface area contributed by atoms with E-state index in [2.05, 4.69) is 50.3 Å². The fourth-order valence-corrected chi connectivity index (χ4v) is 5.72. The smallest absolute Gasteiger partial charge is 0.457 e. The van der Waals surface area contributed by atoms with Crippen molar-refractivity contribution in [2.75, 3.05) is 54.1 Å². The van der Waals surface area contributed by atoms with Crippen LogP contribution in [0.1, 0.15) is 149 Å². The van der Waals surface area contributed by atoms with Gasteiger partial charge in [0.2, 0.25) is 0 Å². The first kappa shape index (κ1) is 46.7. The van der Waals surface area contributed by atoms with E-state index in [-0.39, 0.29) is 25.8 Å². The van der Waals surface area contributed by atoms with Crippen molar-refractivity contribution >= 4 is 13.8 Å². The van der Waals surface area contributed by atoms with Crippen molar-refractivity contribution < 1.29 is 37.3 Å². The standard InChI is InChI=1S/C39H74NO7P/c1-6-8-10-12-14-16-17-18-19-20-21-22-23-24-26-28-30-32-39(41)47-38(37-46-48(42,43)45-35-33-40(3,4)5)36-44-34-31-29-27-25-15-13-11-9-7-2/h8,10,14,16,18-19,38H,6-7,9,11-13,15,17,20-37H2,1-5H3/p+1/b10-8-,16-14-,19-18-. The molecule has 0 aliphatic rings. The predicted molar refractivity (Wildman–Crippen MR) is 201 cm³/mol. The molecule has 0 heterocycles. The number of allylic oxidation sites excluding steroid dienone is 6. The van der Waals surface area contributed by atoms with Gasteiger partial charge in [-0.2, -0.15) is 0 Å². The Morgan fingerprint density at radius 3 is 1.81 bits per heavy atom. The van der Waals surface area contributed by atoms with E-state index < -0.39 is 13.9 Å². The summed E-state index contributed by atoms with van der Waals surface area (Å²) in [6.07, 6.45) is 36.0. The van der Waals surface area contributed by atoms with Gasteiger partial charge in [-0.1, -0.05) is 134 Å². The van der Waals surface area contributed by atoms with Crippen LogP contribution >= 0.6 is 7.82 Å². The molecular formula is C39H75NO7P+. The van der Waals surface area contributed by atoms with Crippen LogP contribution in [0, 0.1) is 0 Å². The fraction of sp³-hybridized carbons (Fsp3) is 0.821. The zero-order chi connectivity index (χ0) is 35.6. The summed E-state index contributed by atoms with van der Waals surface area (Å²) in [5.41, 5.74) is 0. The second-order valence-corrected chi connectivity index (χ2v) is 15.4. The maximum absolute atomic E-state index is 12.6. The van der Waals surface area contributed by atoms with Gasteiger partial charge in [0.25, 0.3) is 0 Å². The summed E-state index contributed by atoms with van der Waals surface area (Å²) in [4.78, 5) is 22.7. The molecule has 48 heavy (non-hydrogen) atoms. The minimum Gasteiger partial charge on any atom is -0.457 e. The largest absolute Gasteiger partial charge is 0.472 e. The van der Waals surface area contributed by atoms with Crippen molar-refractivity contribution in [3.63, 3.8) is 0 Å². The van der Waals surface area contributed by atoms with Crippen molar-refractivity contribution in [2.24, 2.45) is 0 Å². The van der Waals surface area contributed by atoms with Crippen molar-refractivity contribution in [1.82, 2.24) is 0 Å². The molecule has 0 aliphatic heterocycles. The first-order valence-corrected chi connectivity index (χ1v) is 20.7. The third-order valence-electron chi connectivity index (χ3n) is 7.97. The van der Waals surface area contributed by atoms with Gasteiger partial charge in [-0.15, -0.1) is 0 Å². The molecule has 8 nitrogen and oxygen atoms in total. The number of esters is 1. The monoisotopic (exact) mass is 701 g/mol. The minimum atomic E-state index is -4.26. The molecule has 0 rings (SSSR count). The summed E-state index contributed by atoms with van der Waals surface area (Å²) in [6.45, 7) is 5.48. The molecule has 282 valence electrons. The number of phosphoric acid groups is 1. The van der Waals surface area contributed by atoms with Crippen molar-refractivity contribution in [3.8, 4) is 0 Å². The van der Waals surface area contributed by atoms with E-state index in [1.807, 2.05) is 21.1 Å². The van der Waals surface area contributed by atoms with E-state index in [0.29, 0.717) is 24.1 Å². The predicted octanol–water partition coefficient (Wildman–Crippen LogP) is 10.7. The molecule has 9 heteroatoms. The van der Waals surface area contributed by atoms with Gasteiger partial charge >= 0.3 is 13.8 Å². The molecule has 0 saturated carbocycles. The number of nitrogens with zero attached hydrogens (tertiary/aromatic N) is 1. The van der Waals surface area contributed by atoms with E-state index in [1.54, 1.807) is 0 Å². The molecule has 0 aliphatic carbocycles. The Morgan fingerprint density at radius 2 is 1.21 bits per heavy atom. The van der Waals surface area contributed by atoms with E-state index >= 15 is 0 Å². The lowest BCUT2D eigenvalue weighted by molar-refractivity contribution is -0.870. The lowest BCUT2D eigenvalue weighted by Gasteiger charge is -2.24. The highest BCUT2D eigenvalue weighted by atomic mass is 31.2. The summed E-state index contributed by atoms with van der Waals surface area (Å²) in [7, 11) is 1.66. The summed E-state index contributed by atoms with van der Waals surface area (Å²) >= 11 is 0. The van der Waals surface area contributed by atoms with Crippen LogP contribution in [0.3, 0.4) is 0 Å². The van der Waals surface area contributed by atoms with Crippen LogP contribution in [0.5, 0.6) is 0 Å². The van der Waals surface area contributed by atoms with Gasteiger partial charge in [-0.25, -0.2) is 4.57 Å². The minimum absolute atomic E-state index is 0.0866. The Labute approximate surface area is 295 Å². The Kier molecular flexibility index (Phi) is 32.0. The molecule has 0 aromatic carbocycles. The highest BCUT2D eigenvalue weighted by molar-refractivity contribution is 7.47. The van der Waals surface area contributed by atoms with Gasteiger partial charge in [0.05, 0.1) is 34.4 Å². The maximum atomic E-state index is 12.6. The molecular weight excluding hydrogens is 625 g/mol. The number of hydrogen-bond acceptors (Lipinski definition) is 6. The summed E-state index contributed by atoms with van der Waals surface area (Å²) in [5, 5.41) is 0. The Morgan fingerprint density at radius 1 is 0.667 bits per heavy atom. The number of quaternary nitrogens is 1. The molecule has 1 N–H and O–H groups in total. The van der Waals surface area contributed by atoms with Gasteiger partial charge < -0.3 is 18.9 Å². The summed E-state index contributed by atoms with van der Waals surface area (Å²) in [5.74, 6) is -0.326. The van der Waals surface area contributed by atoms with E-state index in [4.69, 9.17) is 18.5 Å². The Balaban J connectivity index is 4.27. The van der Waals surface area contributed by atoms with Crippen molar-refractivity contribution in [1.29, 1.82) is 0 Å². The Bertz CT molecular complexity index is 869. The van der Waals surface area contributed by atoms with Gasteiger partial charge in [0.1, 0.15) is 19.3 Å². The van der Waals surface area contributed by atoms with Crippen LogP contribution in [-0.2, 0) is 27.9 Å². The first-order chi connectivity index (χ1) is 23.1. The number of rotatable bonds is 35. The van der Waals surface area contributed by atoms with Crippen LogP contribution in [0.2, 0.25) is 0 Å². The number of carbonyl (C=O) groups is 1. The van der Waals surface area contributed by atoms with Crippen LogP contribution < -0.4 is 0 Å². The quantitative estimate of drug-likeness (QED) is 0.0231. The van der Waals surface area contributed by atoms with Crippen molar-refractivity contribution in [2.45, 2.75) is 155 Å². The molecule has 0 radical (unpaired) electrons. The van der Waals surface area contributed by atoms with E-state index in [9.17, 15) is 14.3 Å². The van der Waals surface area contributed by atoms with Crippen LogP contribution in [0.25, 0.3) is 0 Å². The van der Waals surface area contributed by atoms with Crippen LogP contribution in [0.15, 0.2) is 36.5 Å². The molecule has 0 amide bonds. The average Bonchev–Trinajstić information content (AvgIpc) is 3.03. The van der Waals surface area contributed by atoms with Gasteiger partial charge in [-0.05, 0) is 44.9 Å². The zero-order valence-electron chi connectivity index (χ0n) is 31.7. The van der Waals surface area contributed by atoms with Crippen LogP contribution in [-0.4, -0.2) is 75.6 Å². The van der Waals surface area contributed by atoms with E-state index in [1.165, 1.54) is 70.6 Å². The molecule has 0 bridgehead atoms. The SMILES string of the molecule is CC/C=C\C/C=C\C/C=C\CCCCCCCCCC(=O)OC(COCCCCCCCCCCC)COP(=O)(O)OCC[N+](C)(C)C. The molecule has 0 aromatic heterocycles. The molecule has 2 atom stereocenters. The number of likely N-dealkylation sites (N-methyl/N-ethyl adjacent to an activating group) is 1. The summed E-state index contributed by atoms with van der Waals surface area (Å²) in [6, 6.07) is 0. The number of unbranched alkanes of at least 4 members (excludes halogenated alkanes) is 15. The highest BCUT2D eigenvalue weighted by Gasteiger charge is 2.26. The third-order valence-corrected chi connectivity index (χ3v) is 8.95.